The van der Waals surface area contributed by atoms with Crippen LogP contribution in [0.15, 0.2) is 20.0 Å². The summed E-state index contributed by atoms with van der Waals surface area (Å²) < 4.78 is 35.8. The molecule has 0 amide bonds. The predicted molar refractivity (Wildman–Crippen MR) is 65.9 cm³/mol. The smallest absolute Gasteiger partial charge is 0.248 e. The molecule has 7 nitrogen and oxygen atoms in total. The van der Waals surface area contributed by atoms with Gasteiger partial charge in [0.2, 0.25) is 10.0 Å². The highest BCUT2D eigenvalue weighted by Crippen LogP contribution is 2.23. The van der Waals surface area contributed by atoms with Crippen LogP contribution >= 0.6 is 0 Å². The lowest BCUT2D eigenvalue weighted by molar-refractivity contribution is 0.377. The Morgan fingerprint density at radius 3 is 2.37 bits per heavy atom. The van der Waals surface area contributed by atoms with E-state index >= 15 is 0 Å². The van der Waals surface area contributed by atoms with E-state index in [-0.39, 0.29) is 17.2 Å². The summed E-state index contributed by atoms with van der Waals surface area (Å²) in [6, 6.07) is 1.69. The summed E-state index contributed by atoms with van der Waals surface area (Å²) >= 11 is 0. The topological polar surface area (TPSA) is 89.4 Å². The third-order valence-electron chi connectivity index (χ3n) is 2.70. The first kappa shape index (κ1) is 13.8. The Hall–Kier alpha value is -1.67. The van der Waals surface area contributed by atoms with Gasteiger partial charge < -0.3 is 9.05 Å². The van der Waals surface area contributed by atoms with Crippen molar-refractivity contribution in [1.82, 2.24) is 14.6 Å². The second-order valence-corrected chi connectivity index (χ2v) is 6.33. The predicted octanol–water partition coefficient (Wildman–Crippen LogP) is 1.41. The average Bonchev–Trinajstić information content (AvgIpc) is 2.85. The van der Waals surface area contributed by atoms with Crippen LogP contribution in [0.2, 0.25) is 0 Å². The second-order valence-electron chi connectivity index (χ2n) is 4.34. The van der Waals surface area contributed by atoms with Gasteiger partial charge in [0.05, 0.1) is 12.2 Å². The summed E-state index contributed by atoms with van der Waals surface area (Å²) in [5.74, 6) is 0.916. The van der Waals surface area contributed by atoms with Crippen molar-refractivity contribution in [2.45, 2.75) is 32.2 Å². The van der Waals surface area contributed by atoms with E-state index in [0.717, 1.165) is 0 Å². The van der Waals surface area contributed by atoms with Gasteiger partial charge in [-0.25, -0.2) is 8.42 Å². The lowest BCUT2D eigenvalue weighted by Gasteiger charge is -2.15. The van der Waals surface area contributed by atoms with Gasteiger partial charge in [-0.1, -0.05) is 10.3 Å². The molecule has 0 aromatic carbocycles. The Morgan fingerprint density at radius 1 is 1.21 bits per heavy atom. The number of aryl methyl sites for hydroxylation is 3. The number of rotatable bonds is 4. The van der Waals surface area contributed by atoms with Crippen LogP contribution in [-0.2, 0) is 16.6 Å². The number of aromatic nitrogens is 2. The fourth-order valence-corrected chi connectivity index (χ4v) is 3.23. The summed E-state index contributed by atoms with van der Waals surface area (Å²) in [6.07, 6.45) is 0. The van der Waals surface area contributed by atoms with E-state index in [9.17, 15) is 8.42 Å². The molecular formula is C11H15N3O4S. The van der Waals surface area contributed by atoms with Crippen LogP contribution in [-0.4, -0.2) is 30.1 Å². The van der Waals surface area contributed by atoms with Crippen molar-refractivity contribution >= 4 is 10.0 Å². The normalized spacial score (nSPS) is 12.3. The van der Waals surface area contributed by atoms with Crippen molar-refractivity contribution < 1.29 is 17.5 Å². The van der Waals surface area contributed by atoms with Gasteiger partial charge in [-0.15, -0.1) is 0 Å². The fourth-order valence-electron chi connectivity index (χ4n) is 1.80. The number of hydrogen-bond acceptors (Lipinski definition) is 6. The van der Waals surface area contributed by atoms with Crippen LogP contribution in [0.4, 0.5) is 0 Å². The van der Waals surface area contributed by atoms with Crippen molar-refractivity contribution in [2.75, 3.05) is 7.05 Å². The molecule has 19 heavy (non-hydrogen) atoms. The quantitative estimate of drug-likeness (QED) is 0.843. The van der Waals surface area contributed by atoms with Crippen LogP contribution in [0.5, 0.6) is 0 Å². The van der Waals surface area contributed by atoms with Crippen LogP contribution in [0.25, 0.3) is 0 Å². The third kappa shape index (κ3) is 2.54. The van der Waals surface area contributed by atoms with Crippen molar-refractivity contribution in [1.29, 1.82) is 0 Å². The minimum Gasteiger partial charge on any atom is -0.361 e. The van der Waals surface area contributed by atoms with Gasteiger partial charge in [0.1, 0.15) is 16.3 Å². The molecular weight excluding hydrogens is 270 g/mol. The largest absolute Gasteiger partial charge is 0.361 e. The molecule has 0 radical (unpaired) electrons. The van der Waals surface area contributed by atoms with Gasteiger partial charge in [0.15, 0.2) is 5.76 Å². The molecule has 0 fully saturated rings. The van der Waals surface area contributed by atoms with E-state index in [4.69, 9.17) is 9.05 Å². The van der Waals surface area contributed by atoms with Gasteiger partial charge in [0, 0.05) is 13.1 Å². The first-order valence-corrected chi connectivity index (χ1v) is 7.08. The lowest BCUT2D eigenvalue weighted by Crippen LogP contribution is -2.27. The monoisotopic (exact) mass is 285 g/mol. The Balaban J connectivity index is 2.30. The van der Waals surface area contributed by atoms with Gasteiger partial charge in [-0.2, -0.15) is 4.31 Å². The number of hydrogen-bond donors (Lipinski definition) is 0. The van der Waals surface area contributed by atoms with Crippen LogP contribution < -0.4 is 0 Å². The molecule has 0 aliphatic heterocycles. The maximum absolute atomic E-state index is 12.4. The van der Waals surface area contributed by atoms with E-state index in [1.54, 1.807) is 26.8 Å². The van der Waals surface area contributed by atoms with E-state index in [0.29, 0.717) is 17.1 Å². The molecule has 0 bridgehead atoms. The number of nitrogens with zero attached hydrogens (tertiary/aromatic N) is 3. The fraction of sp³-hybridized carbons (Fsp3) is 0.455. The van der Waals surface area contributed by atoms with Gasteiger partial charge >= 0.3 is 0 Å². The summed E-state index contributed by atoms with van der Waals surface area (Å²) in [5, 5.41) is 7.44. The highest BCUT2D eigenvalue weighted by Gasteiger charge is 2.29. The first-order valence-electron chi connectivity index (χ1n) is 5.63. The minimum atomic E-state index is -3.65. The molecule has 2 aromatic rings. The lowest BCUT2D eigenvalue weighted by atomic mass is 10.4. The van der Waals surface area contributed by atoms with Crippen molar-refractivity contribution in [3.8, 4) is 0 Å². The Labute approximate surface area is 111 Å². The zero-order valence-electron chi connectivity index (χ0n) is 11.2. The van der Waals surface area contributed by atoms with Crippen LogP contribution in [0.3, 0.4) is 0 Å². The average molecular weight is 285 g/mol. The molecule has 0 spiro atoms. The molecule has 0 saturated carbocycles. The maximum Gasteiger partial charge on any atom is 0.248 e. The molecule has 0 unspecified atom stereocenters. The Kier molecular flexibility index (Phi) is 3.46. The SMILES string of the molecule is Cc1cc(CN(C)S(=O)(=O)c2c(C)noc2C)no1. The summed E-state index contributed by atoms with van der Waals surface area (Å²) in [4.78, 5) is 0.107. The zero-order valence-corrected chi connectivity index (χ0v) is 12.0. The van der Waals surface area contributed by atoms with Crippen molar-refractivity contribution in [2.24, 2.45) is 0 Å². The van der Waals surface area contributed by atoms with Crippen LogP contribution in [0, 0.1) is 20.8 Å². The van der Waals surface area contributed by atoms with E-state index in [2.05, 4.69) is 10.3 Å². The molecule has 0 aliphatic carbocycles. The van der Waals surface area contributed by atoms with Crippen LogP contribution in [0.1, 0.15) is 22.9 Å². The molecule has 0 saturated heterocycles. The Morgan fingerprint density at radius 2 is 1.89 bits per heavy atom. The van der Waals surface area contributed by atoms with E-state index in [1.165, 1.54) is 11.4 Å². The van der Waals surface area contributed by atoms with Crippen molar-refractivity contribution in [3.05, 3.63) is 29.0 Å². The van der Waals surface area contributed by atoms with Gasteiger partial charge in [0.25, 0.3) is 0 Å². The summed E-state index contributed by atoms with van der Waals surface area (Å²) in [7, 11) is -2.17. The first-order chi connectivity index (χ1) is 8.82. The van der Waals surface area contributed by atoms with Gasteiger partial charge in [-0.05, 0) is 20.8 Å². The molecule has 2 aromatic heterocycles. The molecule has 2 heterocycles. The van der Waals surface area contributed by atoms with E-state index in [1.807, 2.05) is 0 Å². The third-order valence-corrected chi connectivity index (χ3v) is 4.75. The zero-order chi connectivity index (χ0) is 14.2. The maximum atomic E-state index is 12.4. The molecule has 8 heteroatoms. The molecule has 0 atom stereocenters. The highest BCUT2D eigenvalue weighted by atomic mass is 32.2. The molecule has 2 rings (SSSR count). The highest BCUT2D eigenvalue weighted by molar-refractivity contribution is 7.89. The molecule has 0 N–H and O–H groups in total. The van der Waals surface area contributed by atoms with Gasteiger partial charge in [-0.3, -0.25) is 0 Å². The number of sulfonamides is 1. The van der Waals surface area contributed by atoms with E-state index < -0.39 is 10.0 Å². The summed E-state index contributed by atoms with van der Waals surface area (Å²) in [5.41, 5.74) is 0.899. The summed E-state index contributed by atoms with van der Waals surface area (Å²) in [6.45, 7) is 5.04. The minimum absolute atomic E-state index is 0.107. The molecule has 0 aliphatic rings. The second kappa shape index (κ2) is 4.78. The molecule has 104 valence electrons. The Bertz CT molecular complexity index is 667. The van der Waals surface area contributed by atoms with Crippen molar-refractivity contribution in [3.63, 3.8) is 0 Å². The standard InChI is InChI=1S/C11H15N3O4S/c1-7-5-10(13-17-7)6-14(4)19(15,16)11-8(2)12-18-9(11)3/h5H,6H2,1-4H3.